The highest BCUT2D eigenvalue weighted by molar-refractivity contribution is 6.42. The van der Waals surface area contributed by atoms with Gasteiger partial charge in [-0.25, -0.2) is 9.79 Å². The van der Waals surface area contributed by atoms with Gasteiger partial charge in [0.05, 0.1) is 29.1 Å². The minimum absolute atomic E-state index is 0.162. The molecule has 0 aliphatic carbocycles. The van der Waals surface area contributed by atoms with Crippen LogP contribution < -0.4 is 21.7 Å². The molecule has 0 saturated carbocycles. The van der Waals surface area contributed by atoms with Gasteiger partial charge in [0.15, 0.2) is 5.84 Å². The summed E-state index contributed by atoms with van der Waals surface area (Å²) >= 11 is 11.9. The van der Waals surface area contributed by atoms with Crippen molar-refractivity contribution in [1.29, 1.82) is 0 Å². The third-order valence-electron chi connectivity index (χ3n) is 5.40. The lowest BCUT2D eigenvalue weighted by Gasteiger charge is -2.18. The van der Waals surface area contributed by atoms with Crippen molar-refractivity contribution in [3.8, 4) is 0 Å². The van der Waals surface area contributed by atoms with E-state index in [1.54, 1.807) is 42.5 Å². The first-order valence-electron chi connectivity index (χ1n) is 10.7. The van der Waals surface area contributed by atoms with E-state index in [2.05, 4.69) is 26.0 Å². The van der Waals surface area contributed by atoms with Crippen molar-refractivity contribution in [2.45, 2.75) is 0 Å². The quantitative estimate of drug-likeness (QED) is 0.419. The number of methoxy groups -OCH3 is 1. The molecule has 0 radical (unpaired) electrons. The molecule has 5 N–H and O–H groups in total. The van der Waals surface area contributed by atoms with Gasteiger partial charge in [-0.15, -0.1) is 0 Å². The Hall–Kier alpha value is -3.60. The number of hydrogen-bond donors (Lipinski definition) is 4. The number of halogens is 2. The Balaban J connectivity index is 1.52. The molecule has 4 rings (SSSR count). The minimum Gasteiger partial charge on any atom is -0.383 e. The highest BCUT2D eigenvalue weighted by Crippen LogP contribution is 2.38. The SMILES string of the molecule is COCCNC(=O)C1CN2N=CN=C(N)C2=C1c1ccc(NC(=O)Nc2ccc(Cl)c(Cl)c2)cc1. The molecule has 2 heterocycles. The maximum absolute atomic E-state index is 12.9. The van der Waals surface area contributed by atoms with Gasteiger partial charge in [0.25, 0.3) is 0 Å². The van der Waals surface area contributed by atoms with E-state index >= 15 is 0 Å². The summed E-state index contributed by atoms with van der Waals surface area (Å²) in [7, 11) is 1.57. The second-order valence-electron chi connectivity index (χ2n) is 7.71. The first-order valence-corrected chi connectivity index (χ1v) is 11.4. The van der Waals surface area contributed by atoms with Crippen LogP contribution in [0.4, 0.5) is 16.2 Å². The largest absolute Gasteiger partial charge is 0.383 e. The fraction of sp³-hybridized carbons (Fsp3) is 0.217. The van der Waals surface area contributed by atoms with Crippen LogP contribution in [-0.2, 0) is 9.53 Å². The first-order chi connectivity index (χ1) is 16.9. The van der Waals surface area contributed by atoms with Crippen molar-refractivity contribution in [3.05, 3.63) is 63.8 Å². The zero-order valence-corrected chi connectivity index (χ0v) is 20.2. The van der Waals surface area contributed by atoms with E-state index in [0.717, 1.165) is 5.56 Å². The van der Waals surface area contributed by atoms with Crippen LogP contribution in [0.25, 0.3) is 5.57 Å². The van der Waals surface area contributed by atoms with E-state index in [1.807, 2.05) is 12.1 Å². The van der Waals surface area contributed by atoms with Crippen molar-refractivity contribution in [2.75, 3.05) is 37.4 Å². The molecule has 3 amide bonds. The minimum atomic E-state index is -0.511. The molecule has 2 aromatic rings. The predicted octanol–water partition coefficient (Wildman–Crippen LogP) is 3.36. The number of nitrogens with two attached hydrogens (primary N) is 1. The summed E-state index contributed by atoms with van der Waals surface area (Å²) in [6.07, 6.45) is 1.36. The zero-order chi connectivity index (χ0) is 24.9. The Labute approximate surface area is 211 Å². The van der Waals surface area contributed by atoms with Crippen molar-refractivity contribution in [1.82, 2.24) is 10.3 Å². The van der Waals surface area contributed by atoms with E-state index in [9.17, 15) is 9.59 Å². The number of hydrogen-bond acceptors (Lipinski definition) is 7. The van der Waals surface area contributed by atoms with Gasteiger partial charge in [0.1, 0.15) is 12.0 Å². The standard InChI is InChI=1S/C23H23Cl2N7O3/c1-35-9-8-27-22(33)16-11-32-20(21(26)28-12-29-32)19(16)13-2-4-14(5-3-13)30-23(34)31-15-6-7-17(24)18(25)10-15/h2-7,10,12,16H,8-9,11H2,1H3,(H,27,33)(H2,26,28,29)(H2,30,31,34). The van der Waals surface area contributed by atoms with E-state index in [1.165, 1.54) is 6.34 Å². The second-order valence-corrected chi connectivity index (χ2v) is 8.53. The van der Waals surface area contributed by atoms with Gasteiger partial charge in [-0.1, -0.05) is 35.3 Å². The van der Waals surface area contributed by atoms with Gasteiger partial charge in [-0.3, -0.25) is 9.80 Å². The molecular weight excluding hydrogens is 493 g/mol. The number of rotatable bonds is 7. The molecule has 0 spiro atoms. The van der Waals surface area contributed by atoms with Crippen molar-refractivity contribution >= 4 is 64.3 Å². The number of urea groups is 1. The number of ether oxygens (including phenoxy) is 1. The lowest BCUT2D eigenvalue weighted by Crippen LogP contribution is -2.35. The molecule has 10 nitrogen and oxygen atoms in total. The molecule has 0 saturated heterocycles. The van der Waals surface area contributed by atoms with Crippen LogP contribution in [0.5, 0.6) is 0 Å². The molecule has 0 bridgehead atoms. The van der Waals surface area contributed by atoms with E-state index < -0.39 is 11.9 Å². The number of benzene rings is 2. The second kappa shape index (κ2) is 10.8. The summed E-state index contributed by atoms with van der Waals surface area (Å²) in [6.45, 7) is 1.13. The number of fused-ring (bicyclic) bond motifs is 1. The van der Waals surface area contributed by atoms with Crippen LogP contribution in [0.1, 0.15) is 5.56 Å². The topological polar surface area (TPSA) is 133 Å². The van der Waals surface area contributed by atoms with Gasteiger partial charge in [0, 0.05) is 30.6 Å². The molecule has 2 aliphatic heterocycles. The molecule has 2 aromatic carbocycles. The van der Waals surface area contributed by atoms with Gasteiger partial charge in [0.2, 0.25) is 5.91 Å². The lowest BCUT2D eigenvalue weighted by molar-refractivity contribution is -0.123. The lowest BCUT2D eigenvalue weighted by atomic mass is 9.92. The Bertz CT molecular complexity index is 1230. The number of aliphatic imine (C=N–C) groups is 1. The van der Waals surface area contributed by atoms with Crippen LogP contribution in [0.2, 0.25) is 10.0 Å². The molecule has 1 unspecified atom stereocenters. The highest BCUT2D eigenvalue weighted by Gasteiger charge is 2.39. The number of nitrogens with zero attached hydrogens (tertiary/aromatic N) is 3. The van der Waals surface area contributed by atoms with Crippen molar-refractivity contribution in [2.24, 2.45) is 21.7 Å². The van der Waals surface area contributed by atoms with Crippen molar-refractivity contribution < 1.29 is 14.3 Å². The third-order valence-corrected chi connectivity index (χ3v) is 6.14. The number of nitrogens with one attached hydrogen (secondary N) is 3. The van der Waals surface area contributed by atoms with Gasteiger partial charge >= 0.3 is 6.03 Å². The molecule has 1 atom stereocenters. The zero-order valence-electron chi connectivity index (χ0n) is 18.7. The summed E-state index contributed by atoms with van der Waals surface area (Å²) < 4.78 is 5.02. The fourth-order valence-corrected chi connectivity index (χ4v) is 4.10. The summed E-state index contributed by atoms with van der Waals surface area (Å²) in [4.78, 5) is 29.4. The van der Waals surface area contributed by atoms with Crippen LogP contribution in [0.3, 0.4) is 0 Å². The number of amidine groups is 1. The van der Waals surface area contributed by atoms with Crippen LogP contribution >= 0.6 is 23.2 Å². The molecular formula is C23H23Cl2N7O3. The van der Waals surface area contributed by atoms with E-state index in [-0.39, 0.29) is 11.7 Å². The summed E-state index contributed by atoms with van der Waals surface area (Å²) in [5.74, 6) is -0.391. The third kappa shape index (κ3) is 5.56. The van der Waals surface area contributed by atoms with Gasteiger partial charge in [-0.2, -0.15) is 5.10 Å². The number of amides is 3. The van der Waals surface area contributed by atoms with Crippen molar-refractivity contribution in [3.63, 3.8) is 0 Å². The Morgan fingerprint density at radius 3 is 2.54 bits per heavy atom. The Morgan fingerprint density at radius 2 is 1.83 bits per heavy atom. The number of carbonyl (C=O) groups is 2. The van der Waals surface area contributed by atoms with E-state index in [0.29, 0.717) is 52.4 Å². The number of hydrazone groups is 1. The highest BCUT2D eigenvalue weighted by atomic mass is 35.5. The Morgan fingerprint density at radius 1 is 1.11 bits per heavy atom. The van der Waals surface area contributed by atoms with Crippen LogP contribution in [0, 0.1) is 5.92 Å². The normalized spacial score (nSPS) is 16.6. The predicted molar refractivity (Wildman–Crippen MR) is 138 cm³/mol. The number of anilines is 2. The average Bonchev–Trinajstić information content (AvgIpc) is 3.23. The van der Waals surface area contributed by atoms with Gasteiger partial charge < -0.3 is 26.4 Å². The van der Waals surface area contributed by atoms with Gasteiger partial charge in [-0.05, 0) is 35.9 Å². The number of carbonyl (C=O) groups excluding carboxylic acids is 2. The molecule has 0 fully saturated rings. The average molecular weight is 516 g/mol. The molecule has 182 valence electrons. The van der Waals surface area contributed by atoms with Crippen LogP contribution in [0.15, 0.2) is 58.3 Å². The fourth-order valence-electron chi connectivity index (χ4n) is 3.80. The summed E-state index contributed by atoms with van der Waals surface area (Å²) in [6, 6.07) is 11.4. The maximum Gasteiger partial charge on any atom is 0.323 e. The molecule has 2 aliphatic rings. The maximum atomic E-state index is 12.9. The smallest absolute Gasteiger partial charge is 0.323 e. The first kappa shape index (κ1) is 24.5. The Kier molecular flexibility index (Phi) is 7.54. The van der Waals surface area contributed by atoms with E-state index in [4.69, 9.17) is 33.7 Å². The molecule has 12 heteroatoms. The monoisotopic (exact) mass is 515 g/mol. The summed E-state index contributed by atoms with van der Waals surface area (Å²) in [5, 5.41) is 15.0. The summed E-state index contributed by atoms with van der Waals surface area (Å²) in [5.41, 5.74) is 9.27. The van der Waals surface area contributed by atoms with Crippen LogP contribution in [-0.4, -0.2) is 55.9 Å². The molecule has 0 aromatic heterocycles. The molecule has 35 heavy (non-hydrogen) atoms.